The zero-order valence-corrected chi connectivity index (χ0v) is 13.4. The van der Waals surface area contributed by atoms with Gasteiger partial charge in [-0.1, -0.05) is 17.7 Å². The van der Waals surface area contributed by atoms with Crippen LogP contribution in [0.1, 0.15) is 16.7 Å². The van der Waals surface area contributed by atoms with E-state index in [1.165, 1.54) is 5.56 Å². The maximum Gasteiger partial charge on any atom is 0.228 e. The number of ether oxygens (including phenoxy) is 2. The molecule has 4 nitrogen and oxygen atoms in total. The van der Waals surface area contributed by atoms with Crippen LogP contribution < -0.4 is 14.8 Å². The van der Waals surface area contributed by atoms with Crippen molar-refractivity contribution in [3.8, 4) is 11.5 Å². The number of rotatable bonds is 5. The van der Waals surface area contributed by atoms with Crippen LogP contribution in [0.5, 0.6) is 11.5 Å². The lowest BCUT2D eigenvalue weighted by atomic mass is 10.1. The molecule has 0 fully saturated rings. The van der Waals surface area contributed by atoms with Gasteiger partial charge in [0.2, 0.25) is 5.91 Å². The van der Waals surface area contributed by atoms with E-state index in [2.05, 4.69) is 5.32 Å². The van der Waals surface area contributed by atoms with Crippen molar-refractivity contribution in [3.63, 3.8) is 0 Å². The summed E-state index contributed by atoms with van der Waals surface area (Å²) in [4.78, 5) is 12.3. The van der Waals surface area contributed by atoms with Crippen molar-refractivity contribution < 1.29 is 14.3 Å². The Morgan fingerprint density at radius 3 is 2.45 bits per heavy atom. The summed E-state index contributed by atoms with van der Waals surface area (Å²) in [7, 11) is 3.19. The summed E-state index contributed by atoms with van der Waals surface area (Å²) in [5.41, 5.74) is 3.84. The van der Waals surface area contributed by atoms with Crippen LogP contribution in [-0.2, 0) is 11.2 Å². The largest absolute Gasteiger partial charge is 0.497 e. The lowest BCUT2D eigenvalue weighted by molar-refractivity contribution is -0.115. The van der Waals surface area contributed by atoms with Gasteiger partial charge >= 0.3 is 0 Å². The molecule has 4 heteroatoms. The minimum atomic E-state index is -0.0847. The zero-order chi connectivity index (χ0) is 16.1. The van der Waals surface area contributed by atoms with E-state index in [4.69, 9.17) is 9.47 Å². The highest BCUT2D eigenvalue weighted by molar-refractivity contribution is 5.93. The van der Waals surface area contributed by atoms with Gasteiger partial charge in [0.25, 0.3) is 0 Å². The van der Waals surface area contributed by atoms with Crippen molar-refractivity contribution in [2.24, 2.45) is 0 Å². The topological polar surface area (TPSA) is 47.6 Å². The first kappa shape index (κ1) is 15.9. The molecule has 0 radical (unpaired) electrons. The Hall–Kier alpha value is -2.49. The van der Waals surface area contributed by atoms with Gasteiger partial charge in [-0.3, -0.25) is 4.79 Å². The Labute approximate surface area is 131 Å². The second kappa shape index (κ2) is 6.98. The normalized spacial score (nSPS) is 10.2. The van der Waals surface area contributed by atoms with Gasteiger partial charge in [0.1, 0.15) is 11.5 Å². The minimum absolute atomic E-state index is 0.0847. The predicted octanol–water partition coefficient (Wildman–Crippen LogP) is 3.50. The third-order valence-corrected chi connectivity index (χ3v) is 3.49. The van der Waals surface area contributed by atoms with Gasteiger partial charge in [-0.25, -0.2) is 0 Å². The van der Waals surface area contributed by atoms with Crippen LogP contribution >= 0.6 is 0 Å². The van der Waals surface area contributed by atoms with Crippen molar-refractivity contribution in [1.82, 2.24) is 0 Å². The van der Waals surface area contributed by atoms with E-state index in [9.17, 15) is 4.79 Å². The number of hydrogen-bond acceptors (Lipinski definition) is 3. The Morgan fingerprint density at radius 1 is 1.05 bits per heavy atom. The summed E-state index contributed by atoms with van der Waals surface area (Å²) in [6.07, 6.45) is 0.230. The standard InChI is InChI=1S/C18H21NO3/c1-12-5-7-16(13(2)9-12)19-18(20)11-14-10-15(21-3)6-8-17(14)22-4/h5-10H,11H2,1-4H3,(H,19,20). The highest BCUT2D eigenvalue weighted by atomic mass is 16.5. The number of nitrogens with one attached hydrogen (secondary N) is 1. The van der Waals surface area contributed by atoms with Gasteiger partial charge in [0, 0.05) is 11.3 Å². The van der Waals surface area contributed by atoms with Gasteiger partial charge in [-0.2, -0.15) is 0 Å². The molecule has 0 aromatic heterocycles. The number of carbonyl (C=O) groups excluding carboxylic acids is 1. The molecule has 1 N–H and O–H groups in total. The molecule has 0 saturated heterocycles. The highest BCUT2D eigenvalue weighted by Gasteiger charge is 2.11. The summed E-state index contributed by atoms with van der Waals surface area (Å²) >= 11 is 0. The Kier molecular flexibility index (Phi) is 5.04. The minimum Gasteiger partial charge on any atom is -0.497 e. The number of hydrogen-bond donors (Lipinski definition) is 1. The van der Waals surface area contributed by atoms with Crippen molar-refractivity contribution in [3.05, 3.63) is 53.1 Å². The summed E-state index contributed by atoms with van der Waals surface area (Å²) in [6, 6.07) is 11.4. The Bertz CT molecular complexity index is 680. The van der Waals surface area contributed by atoms with Crippen LogP contribution in [0, 0.1) is 13.8 Å². The monoisotopic (exact) mass is 299 g/mol. The second-order valence-electron chi connectivity index (χ2n) is 5.22. The SMILES string of the molecule is COc1ccc(OC)c(CC(=O)Nc2ccc(C)cc2C)c1. The summed E-state index contributed by atoms with van der Waals surface area (Å²) in [6.45, 7) is 4.01. The number of carbonyl (C=O) groups is 1. The summed E-state index contributed by atoms with van der Waals surface area (Å²) < 4.78 is 10.5. The van der Waals surface area contributed by atoms with E-state index in [0.717, 1.165) is 16.8 Å². The predicted molar refractivity (Wildman–Crippen MR) is 87.8 cm³/mol. The molecule has 0 aliphatic rings. The van der Waals surface area contributed by atoms with Crippen molar-refractivity contribution in [1.29, 1.82) is 0 Å². The van der Waals surface area contributed by atoms with E-state index in [0.29, 0.717) is 11.5 Å². The molecule has 0 spiro atoms. The lowest BCUT2D eigenvalue weighted by Crippen LogP contribution is -2.15. The molecule has 0 unspecified atom stereocenters. The molecule has 0 bridgehead atoms. The van der Waals surface area contributed by atoms with Crippen molar-refractivity contribution in [2.45, 2.75) is 20.3 Å². The Balaban J connectivity index is 2.14. The van der Waals surface area contributed by atoms with Gasteiger partial charge in [0.15, 0.2) is 0 Å². The molecule has 0 aliphatic heterocycles. The van der Waals surface area contributed by atoms with Crippen LogP contribution in [0.3, 0.4) is 0 Å². The van der Waals surface area contributed by atoms with Crippen LogP contribution in [0.2, 0.25) is 0 Å². The lowest BCUT2D eigenvalue weighted by Gasteiger charge is -2.12. The van der Waals surface area contributed by atoms with E-state index in [1.807, 2.05) is 44.2 Å². The maximum atomic E-state index is 12.3. The van der Waals surface area contributed by atoms with E-state index >= 15 is 0 Å². The molecular formula is C18H21NO3. The number of methoxy groups -OCH3 is 2. The smallest absolute Gasteiger partial charge is 0.228 e. The molecule has 0 saturated carbocycles. The summed E-state index contributed by atoms with van der Waals surface area (Å²) in [5.74, 6) is 1.30. The third-order valence-electron chi connectivity index (χ3n) is 3.49. The van der Waals surface area contributed by atoms with Gasteiger partial charge < -0.3 is 14.8 Å². The fourth-order valence-corrected chi connectivity index (χ4v) is 2.34. The van der Waals surface area contributed by atoms with Crippen LogP contribution in [0.25, 0.3) is 0 Å². The molecule has 1 amide bonds. The van der Waals surface area contributed by atoms with Crippen LogP contribution in [0.4, 0.5) is 5.69 Å². The molecule has 0 heterocycles. The van der Waals surface area contributed by atoms with Crippen LogP contribution in [0.15, 0.2) is 36.4 Å². The molecule has 2 aromatic rings. The quantitative estimate of drug-likeness (QED) is 0.919. The number of aryl methyl sites for hydroxylation is 2. The molecule has 2 aromatic carbocycles. The molecule has 22 heavy (non-hydrogen) atoms. The molecular weight excluding hydrogens is 278 g/mol. The molecule has 2 rings (SSSR count). The Morgan fingerprint density at radius 2 is 1.82 bits per heavy atom. The van der Waals surface area contributed by atoms with Gasteiger partial charge in [-0.15, -0.1) is 0 Å². The first-order chi connectivity index (χ1) is 10.5. The first-order valence-corrected chi connectivity index (χ1v) is 7.11. The highest BCUT2D eigenvalue weighted by Crippen LogP contribution is 2.25. The zero-order valence-electron chi connectivity index (χ0n) is 13.4. The third kappa shape index (κ3) is 3.79. The van der Waals surface area contributed by atoms with Gasteiger partial charge in [0.05, 0.1) is 20.6 Å². The number of benzene rings is 2. The van der Waals surface area contributed by atoms with Gasteiger partial charge in [-0.05, 0) is 43.7 Å². The average Bonchev–Trinajstić information content (AvgIpc) is 2.50. The maximum absolute atomic E-state index is 12.3. The van der Waals surface area contributed by atoms with E-state index in [-0.39, 0.29) is 12.3 Å². The van der Waals surface area contributed by atoms with E-state index < -0.39 is 0 Å². The number of amides is 1. The number of anilines is 1. The average molecular weight is 299 g/mol. The second-order valence-corrected chi connectivity index (χ2v) is 5.22. The van der Waals surface area contributed by atoms with Crippen LogP contribution in [-0.4, -0.2) is 20.1 Å². The van der Waals surface area contributed by atoms with Crippen molar-refractivity contribution in [2.75, 3.05) is 19.5 Å². The fraction of sp³-hybridized carbons (Fsp3) is 0.278. The van der Waals surface area contributed by atoms with E-state index in [1.54, 1.807) is 20.3 Å². The summed E-state index contributed by atoms with van der Waals surface area (Å²) in [5, 5.41) is 2.94. The molecule has 116 valence electrons. The molecule has 0 atom stereocenters. The first-order valence-electron chi connectivity index (χ1n) is 7.11. The van der Waals surface area contributed by atoms with Crippen molar-refractivity contribution >= 4 is 11.6 Å². The molecule has 0 aliphatic carbocycles. The fourth-order valence-electron chi connectivity index (χ4n) is 2.34.